The summed E-state index contributed by atoms with van der Waals surface area (Å²) in [5.41, 5.74) is 10.6. The summed E-state index contributed by atoms with van der Waals surface area (Å²) in [7, 11) is 0. The number of aliphatic carboxylic acids is 1. The molecule has 0 radical (unpaired) electrons. The largest absolute Gasteiger partial charge is 0.480 e. The number of hydrogen-bond acceptors (Lipinski definition) is 7. The number of nitrogens with two attached hydrogens (primary N) is 2. The van der Waals surface area contributed by atoms with E-state index in [-0.39, 0.29) is 5.92 Å². The van der Waals surface area contributed by atoms with Crippen molar-refractivity contribution in [1.82, 2.24) is 16.0 Å². The maximum Gasteiger partial charge on any atom is 0.326 e. The topological polar surface area (TPSA) is 214 Å². The highest BCUT2D eigenvalue weighted by Crippen LogP contribution is 2.09. The molecular formula is C18H33N5O7. The van der Waals surface area contributed by atoms with Gasteiger partial charge in [0.1, 0.15) is 18.1 Å². The van der Waals surface area contributed by atoms with E-state index in [4.69, 9.17) is 11.5 Å². The van der Waals surface area contributed by atoms with Gasteiger partial charge < -0.3 is 37.6 Å². The predicted molar refractivity (Wildman–Crippen MR) is 107 cm³/mol. The molecule has 0 aromatic heterocycles. The molecule has 0 rings (SSSR count). The lowest BCUT2D eigenvalue weighted by Crippen LogP contribution is -2.59. The number of carbonyl (C=O) groups is 5. The Morgan fingerprint density at radius 2 is 1.43 bits per heavy atom. The summed E-state index contributed by atoms with van der Waals surface area (Å²) >= 11 is 0. The zero-order valence-electron chi connectivity index (χ0n) is 17.7. The Morgan fingerprint density at radius 3 is 1.83 bits per heavy atom. The van der Waals surface area contributed by atoms with Crippen molar-refractivity contribution in [3.8, 4) is 0 Å². The number of aliphatic hydroxyl groups is 1. The first-order valence-corrected chi connectivity index (χ1v) is 9.64. The SMILES string of the molecule is CCC(C)C(NC(=O)C(CO)NC(=O)C(NC(=O)C(N)CC(N)=O)C(C)C)C(=O)O. The van der Waals surface area contributed by atoms with Gasteiger partial charge in [-0.05, 0) is 11.8 Å². The minimum absolute atomic E-state index is 0.379. The fraction of sp³-hybridized carbons (Fsp3) is 0.722. The van der Waals surface area contributed by atoms with Crippen LogP contribution in [-0.2, 0) is 24.0 Å². The maximum absolute atomic E-state index is 12.6. The second-order valence-electron chi connectivity index (χ2n) is 7.46. The van der Waals surface area contributed by atoms with Crippen LogP contribution in [0.1, 0.15) is 40.5 Å². The quantitative estimate of drug-likeness (QED) is 0.164. The summed E-state index contributed by atoms with van der Waals surface area (Å²) < 4.78 is 0. The molecule has 0 bridgehead atoms. The van der Waals surface area contributed by atoms with Crippen LogP contribution in [0, 0.1) is 11.8 Å². The van der Waals surface area contributed by atoms with Gasteiger partial charge in [-0.1, -0.05) is 34.1 Å². The summed E-state index contributed by atoms with van der Waals surface area (Å²) in [4.78, 5) is 59.3. The van der Waals surface area contributed by atoms with E-state index < -0.39 is 72.7 Å². The molecule has 0 fully saturated rings. The van der Waals surface area contributed by atoms with Crippen LogP contribution in [0.15, 0.2) is 0 Å². The molecular weight excluding hydrogens is 398 g/mol. The Bertz CT molecular complexity index is 640. The van der Waals surface area contributed by atoms with Gasteiger partial charge in [0, 0.05) is 0 Å². The van der Waals surface area contributed by atoms with Gasteiger partial charge in [0.2, 0.25) is 23.6 Å². The molecule has 172 valence electrons. The number of hydrogen-bond donors (Lipinski definition) is 7. The Kier molecular flexibility index (Phi) is 11.6. The molecule has 0 aliphatic carbocycles. The minimum Gasteiger partial charge on any atom is -0.480 e. The monoisotopic (exact) mass is 431 g/mol. The lowest BCUT2D eigenvalue weighted by atomic mass is 9.98. The number of primary amides is 1. The van der Waals surface area contributed by atoms with Crippen molar-refractivity contribution in [2.75, 3.05) is 6.61 Å². The molecule has 12 nitrogen and oxygen atoms in total. The van der Waals surface area contributed by atoms with Crippen LogP contribution in [0.4, 0.5) is 0 Å². The van der Waals surface area contributed by atoms with Crippen LogP contribution >= 0.6 is 0 Å². The average molecular weight is 431 g/mol. The molecule has 0 aromatic carbocycles. The first-order valence-electron chi connectivity index (χ1n) is 9.64. The first-order chi connectivity index (χ1) is 13.8. The van der Waals surface area contributed by atoms with Crippen LogP contribution in [0.3, 0.4) is 0 Å². The smallest absolute Gasteiger partial charge is 0.326 e. The highest BCUT2D eigenvalue weighted by Gasteiger charge is 2.32. The van der Waals surface area contributed by atoms with E-state index in [1.807, 2.05) is 0 Å². The van der Waals surface area contributed by atoms with Gasteiger partial charge in [0.25, 0.3) is 0 Å². The summed E-state index contributed by atoms with van der Waals surface area (Å²) in [5.74, 6) is -5.27. The molecule has 0 heterocycles. The summed E-state index contributed by atoms with van der Waals surface area (Å²) in [5, 5.41) is 25.8. The second kappa shape index (κ2) is 12.8. The van der Waals surface area contributed by atoms with Crippen LogP contribution in [0.25, 0.3) is 0 Å². The Labute approximate surface area is 175 Å². The standard InChI is InChI=1S/C18H33N5O7/c1-5-9(4)14(18(29)30)23-16(27)11(7-24)21-17(28)13(8(2)3)22-15(26)10(19)6-12(20)25/h8-11,13-14,24H,5-7,19H2,1-4H3,(H2,20,25)(H,21,28)(H,22,26)(H,23,27)(H,29,30). The van der Waals surface area contributed by atoms with Crippen LogP contribution < -0.4 is 27.4 Å². The fourth-order valence-corrected chi connectivity index (χ4v) is 2.50. The highest BCUT2D eigenvalue weighted by molar-refractivity contribution is 5.95. The van der Waals surface area contributed by atoms with Crippen LogP contribution in [0.5, 0.6) is 0 Å². The Balaban J connectivity index is 5.22. The third-order valence-corrected chi connectivity index (χ3v) is 4.60. The number of nitrogens with one attached hydrogen (secondary N) is 3. The molecule has 0 aromatic rings. The van der Waals surface area contributed by atoms with E-state index in [1.165, 1.54) is 0 Å². The average Bonchev–Trinajstić information content (AvgIpc) is 2.65. The summed E-state index contributed by atoms with van der Waals surface area (Å²) in [6.45, 7) is 5.87. The molecule has 0 spiro atoms. The van der Waals surface area contributed by atoms with E-state index in [9.17, 15) is 34.2 Å². The molecule has 5 atom stereocenters. The number of carboxylic acids is 1. The predicted octanol–water partition coefficient (Wildman–Crippen LogP) is -2.58. The zero-order chi connectivity index (χ0) is 23.6. The van der Waals surface area contributed by atoms with E-state index >= 15 is 0 Å². The first kappa shape index (κ1) is 27.3. The van der Waals surface area contributed by atoms with Gasteiger partial charge in [-0.15, -0.1) is 0 Å². The summed E-state index contributed by atoms with van der Waals surface area (Å²) in [6, 6.07) is -5.00. The van der Waals surface area contributed by atoms with Gasteiger partial charge in [0.15, 0.2) is 0 Å². The van der Waals surface area contributed by atoms with Crippen molar-refractivity contribution in [1.29, 1.82) is 0 Å². The molecule has 0 aliphatic heterocycles. The third-order valence-electron chi connectivity index (χ3n) is 4.60. The number of carbonyl (C=O) groups excluding carboxylic acids is 4. The highest BCUT2D eigenvalue weighted by atomic mass is 16.4. The lowest BCUT2D eigenvalue weighted by Gasteiger charge is -2.27. The van der Waals surface area contributed by atoms with Gasteiger partial charge >= 0.3 is 5.97 Å². The molecule has 9 N–H and O–H groups in total. The zero-order valence-corrected chi connectivity index (χ0v) is 17.7. The minimum atomic E-state index is -1.43. The van der Waals surface area contributed by atoms with Crippen molar-refractivity contribution < 1.29 is 34.2 Å². The third kappa shape index (κ3) is 8.74. The van der Waals surface area contributed by atoms with Crippen molar-refractivity contribution in [2.45, 2.75) is 64.7 Å². The number of carboxylic acid groups (broad SMARTS) is 1. The van der Waals surface area contributed by atoms with Gasteiger partial charge in [-0.2, -0.15) is 0 Å². The van der Waals surface area contributed by atoms with Crippen LogP contribution in [0.2, 0.25) is 0 Å². The van der Waals surface area contributed by atoms with Crippen molar-refractivity contribution in [2.24, 2.45) is 23.3 Å². The maximum atomic E-state index is 12.6. The fourth-order valence-electron chi connectivity index (χ4n) is 2.50. The Hall–Kier alpha value is -2.73. The van der Waals surface area contributed by atoms with Crippen molar-refractivity contribution in [3.05, 3.63) is 0 Å². The molecule has 30 heavy (non-hydrogen) atoms. The van der Waals surface area contributed by atoms with Crippen LogP contribution in [-0.4, -0.2) is 70.6 Å². The van der Waals surface area contributed by atoms with E-state index in [0.717, 1.165) is 0 Å². The molecule has 5 unspecified atom stereocenters. The number of aliphatic hydroxyl groups excluding tert-OH is 1. The van der Waals surface area contributed by atoms with E-state index in [0.29, 0.717) is 6.42 Å². The van der Waals surface area contributed by atoms with E-state index in [2.05, 4.69) is 16.0 Å². The second-order valence-corrected chi connectivity index (χ2v) is 7.46. The molecule has 0 saturated carbocycles. The normalized spacial score (nSPS) is 16.0. The van der Waals surface area contributed by atoms with E-state index in [1.54, 1.807) is 27.7 Å². The Morgan fingerprint density at radius 1 is 0.900 bits per heavy atom. The number of rotatable bonds is 13. The van der Waals surface area contributed by atoms with Gasteiger partial charge in [-0.3, -0.25) is 19.2 Å². The molecule has 4 amide bonds. The van der Waals surface area contributed by atoms with Gasteiger partial charge in [-0.25, -0.2) is 4.79 Å². The summed E-state index contributed by atoms with van der Waals surface area (Å²) in [6.07, 6.45) is 0.0759. The molecule has 0 aliphatic rings. The van der Waals surface area contributed by atoms with Gasteiger partial charge in [0.05, 0.1) is 19.1 Å². The molecule has 12 heteroatoms. The van der Waals surface area contributed by atoms with Crippen molar-refractivity contribution >= 4 is 29.6 Å². The lowest BCUT2D eigenvalue weighted by molar-refractivity contribution is -0.144. The molecule has 0 saturated heterocycles. The number of amides is 4. The van der Waals surface area contributed by atoms with Crippen molar-refractivity contribution in [3.63, 3.8) is 0 Å².